The molecule has 0 heterocycles. The molecule has 1 unspecified atom stereocenters. The van der Waals surface area contributed by atoms with Crippen molar-refractivity contribution in [3.05, 3.63) is 35.4 Å². The van der Waals surface area contributed by atoms with Crippen LogP contribution in [0.15, 0.2) is 24.3 Å². The first-order valence-electron chi connectivity index (χ1n) is 6.19. The van der Waals surface area contributed by atoms with E-state index in [1.54, 1.807) is 0 Å². The van der Waals surface area contributed by atoms with Gasteiger partial charge in [0.2, 0.25) is 0 Å². The fourth-order valence-electron chi connectivity index (χ4n) is 2.79. The van der Waals surface area contributed by atoms with Crippen LogP contribution in [0.3, 0.4) is 0 Å². The molecule has 16 heavy (non-hydrogen) atoms. The van der Waals surface area contributed by atoms with Crippen LogP contribution in [0.2, 0.25) is 19.6 Å². The quantitative estimate of drug-likeness (QED) is 0.700. The summed E-state index contributed by atoms with van der Waals surface area (Å²) >= 11 is 0. The molecule has 0 radical (unpaired) electrons. The van der Waals surface area contributed by atoms with Gasteiger partial charge in [0, 0.05) is 0 Å². The zero-order valence-electron chi connectivity index (χ0n) is 10.8. The summed E-state index contributed by atoms with van der Waals surface area (Å²) in [5.74, 6) is 0. The van der Waals surface area contributed by atoms with Gasteiger partial charge in [-0.25, -0.2) is 0 Å². The van der Waals surface area contributed by atoms with Gasteiger partial charge >= 0.3 is 0 Å². The highest BCUT2D eigenvalue weighted by molar-refractivity contribution is 6.69. The first-order valence-corrected chi connectivity index (χ1v) is 9.60. The molecule has 0 saturated carbocycles. The Balaban J connectivity index is 2.37. The van der Waals surface area contributed by atoms with E-state index in [2.05, 4.69) is 50.8 Å². The summed E-state index contributed by atoms with van der Waals surface area (Å²) in [5.41, 5.74) is 2.86. The lowest BCUT2D eigenvalue weighted by atomic mass is 9.80. The standard InChI is InChI=1S/C14H22OSi/c1-14(15-16(2,3)4)11-7-9-12-8-5-6-10-13(12)14/h5-6,8,10H,7,9,11H2,1-4H3. The zero-order valence-corrected chi connectivity index (χ0v) is 11.8. The topological polar surface area (TPSA) is 9.23 Å². The maximum absolute atomic E-state index is 6.43. The molecule has 2 rings (SSSR count). The minimum absolute atomic E-state index is 0.0423. The third-order valence-electron chi connectivity index (χ3n) is 3.22. The molecule has 2 heteroatoms. The molecule has 1 aliphatic carbocycles. The Morgan fingerprint density at radius 2 is 1.88 bits per heavy atom. The second-order valence-corrected chi connectivity index (χ2v) is 10.4. The lowest BCUT2D eigenvalue weighted by molar-refractivity contribution is 0.0590. The summed E-state index contributed by atoms with van der Waals surface area (Å²) in [4.78, 5) is 0. The molecule has 1 atom stereocenters. The average Bonchev–Trinajstić information content (AvgIpc) is 2.15. The van der Waals surface area contributed by atoms with Crippen LogP contribution >= 0.6 is 0 Å². The average molecular weight is 234 g/mol. The van der Waals surface area contributed by atoms with Gasteiger partial charge in [0.1, 0.15) is 0 Å². The van der Waals surface area contributed by atoms with Crippen molar-refractivity contribution in [2.75, 3.05) is 0 Å². The van der Waals surface area contributed by atoms with Crippen LogP contribution in [0.5, 0.6) is 0 Å². The minimum Gasteiger partial charge on any atom is -0.408 e. The molecule has 1 aromatic rings. The number of rotatable bonds is 2. The molecule has 1 aliphatic rings. The molecule has 0 aliphatic heterocycles. The molecule has 88 valence electrons. The number of hydrogen-bond donors (Lipinski definition) is 0. The lowest BCUT2D eigenvalue weighted by Gasteiger charge is -2.40. The first kappa shape index (κ1) is 11.9. The molecule has 0 aromatic heterocycles. The monoisotopic (exact) mass is 234 g/mol. The van der Waals surface area contributed by atoms with Crippen LogP contribution in [0, 0.1) is 0 Å². The molecule has 0 N–H and O–H groups in total. The maximum atomic E-state index is 6.43. The van der Waals surface area contributed by atoms with Gasteiger partial charge in [-0.05, 0) is 57.0 Å². The highest BCUT2D eigenvalue weighted by Gasteiger charge is 2.36. The minimum atomic E-state index is -1.49. The van der Waals surface area contributed by atoms with Crippen LogP contribution in [-0.2, 0) is 16.4 Å². The first-order chi connectivity index (χ1) is 7.41. The summed E-state index contributed by atoms with van der Waals surface area (Å²) < 4.78 is 6.43. The third kappa shape index (κ3) is 2.38. The molecule has 1 aromatic carbocycles. The number of fused-ring (bicyclic) bond motifs is 1. The van der Waals surface area contributed by atoms with E-state index in [4.69, 9.17) is 4.43 Å². The van der Waals surface area contributed by atoms with E-state index in [9.17, 15) is 0 Å². The highest BCUT2D eigenvalue weighted by Crippen LogP contribution is 2.39. The summed E-state index contributed by atoms with van der Waals surface area (Å²) in [5, 5.41) is 0. The van der Waals surface area contributed by atoms with Crippen LogP contribution in [0.1, 0.15) is 30.9 Å². The van der Waals surface area contributed by atoms with E-state index in [1.165, 1.54) is 24.0 Å². The van der Waals surface area contributed by atoms with Gasteiger partial charge < -0.3 is 4.43 Å². The van der Waals surface area contributed by atoms with Gasteiger partial charge in [-0.2, -0.15) is 0 Å². The van der Waals surface area contributed by atoms with Crippen LogP contribution < -0.4 is 0 Å². The summed E-state index contributed by atoms with van der Waals surface area (Å²) in [6, 6.07) is 8.77. The highest BCUT2D eigenvalue weighted by atomic mass is 28.4. The molecular weight excluding hydrogens is 212 g/mol. The summed E-state index contributed by atoms with van der Waals surface area (Å²) in [7, 11) is -1.49. The van der Waals surface area contributed by atoms with Crippen LogP contribution in [-0.4, -0.2) is 8.32 Å². The number of hydrogen-bond acceptors (Lipinski definition) is 1. The Morgan fingerprint density at radius 1 is 1.19 bits per heavy atom. The van der Waals surface area contributed by atoms with Gasteiger partial charge in [-0.1, -0.05) is 24.3 Å². The van der Waals surface area contributed by atoms with Gasteiger partial charge in [-0.15, -0.1) is 0 Å². The second kappa shape index (κ2) is 4.01. The fourth-order valence-corrected chi connectivity index (χ4v) is 4.35. The summed E-state index contributed by atoms with van der Waals surface area (Å²) in [6.07, 6.45) is 3.62. The summed E-state index contributed by atoms with van der Waals surface area (Å²) in [6.45, 7) is 9.09. The predicted molar refractivity (Wildman–Crippen MR) is 71.2 cm³/mol. The Labute approximate surface area is 100.0 Å². The van der Waals surface area contributed by atoms with Crippen molar-refractivity contribution < 1.29 is 4.43 Å². The number of aryl methyl sites for hydroxylation is 1. The van der Waals surface area contributed by atoms with Crippen LogP contribution in [0.25, 0.3) is 0 Å². The van der Waals surface area contributed by atoms with E-state index < -0.39 is 8.32 Å². The number of benzene rings is 1. The van der Waals surface area contributed by atoms with E-state index in [0.29, 0.717) is 0 Å². The molecule has 0 bridgehead atoms. The molecule has 0 spiro atoms. The van der Waals surface area contributed by atoms with E-state index in [1.807, 2.05) is 0 Å². The predicted octanol–water partition coefficient (Wildman–Crippen LogP) is 4.09. The van der Waals surface area contributed by atoms with Crippen molar-refractivity contribution in [2.24, 2.45) is 0 Å². The molecular formula is C14H22OSi. The maximum Gasteiger partial charge on any atom is 0.184 e. The van der Waals surface area contributed by atoms with Crippen molar-refractivity contribution in [1.29, 1.82) is 0 Å². The van der Waals surface area contributed by atoms with Gasteiger partial charge in [0.15, 0.2) is 8.32 Å². The molecule has 1 nitrogen and oxygen atoms in total. The normalized spacial score (nSPS) is 25.2. The van der Waals surface area contributed by atoms with Crippen LogP contribution in [0.4, 0.5) is 0 Å². The van der Waals surface area contributed by atoms with Crippen molar-refractivity contribution in [3.63, 3.8) is 0 Å². The fraction of sp³-hybridized carbons (Fsp3) is 0.571. The second-order valence-electron chi connectivity index (χ2n) is 5.96. The Morgan fingerprint density at radius 3 is 2.56 bits per heavy atom. The Kier molecular flexibility index (Phi) is 2.97. The largest absolute Gasteiger partial charge is 0.408 e. The lowest BCUT2D eigenvalue weighted by Crippen LogP contribution is -2.40. The smallest absolute Gasteiger partial charge is 0.184 e. The Hall–Kier alpha value is -0.603. The third-order valence-corrected chi connectivity index (χ3v) is 4.28. The Bertz CT molecular complexity index is 381. The van der Waals surface area contributed by atoms with E-state index >= 15 is 0 Å². The van der Waals surface area contributed by atoms with Crippen molar-refractivity contribution in [2.45, 2.75) is 51.4 Å². The SMILES string of the molecule is CC1(O[Si](C)(C)C)CCCc2ccccc21. The molecule has 0 fully saturated rings. The van der Waals surface area contributed by atoms with Gasteiger partial charge in [0.25, 0.3) is 0 Å². The molecule has 0 amide bonds. The van der Waals surface area contributed by atoms with Gasteiger partial charge in [-0.3, -0.25) is 0 Å². The van der Waals surface area contributed by atoms with Crippen molar-refractivity contribution in [3.8, 4) is 0 Å². The van der Waals surface area contributed by atoms with E-state index in [-0.39, 0.29) is 5.60 Å². The van der Waals surface area contributed by atoms with E-state index in [0.717, 1.165) is 6.42 Å². The van der Waals surface area contributed by atoms with Crippen molar-refractivity contribution >= 4 is 8.32 Å². The molecule has 0 saturated heterocycles. The zero-order chi connectivity index (χ0) is 11.8. The van der Waals surface area contributed by atoms with Crippen molar-refractivity contribution in [1.82, 2.24) is 0 Å². The van der Waals surface area contributed by atoms with Gasteiger partial charge in [0.05, 0.1) is 5.60 Å².